The minimum absolute atomic E-state index is 0.0275. The van der Waals surface area contributed by atoms with E-state index in [1.807, 2.05) is 13.8 Å². The minimum atomic E-state index is -3.64. The largest absolute Gasteiger partial charge is 0.486 e. The van der Waals surface area contributed by atoms with Crippen molar-refractivity contribution in [3.05, 3.63) is 52.0 Å². The maximum absolute atomic E-state index is 13.4. The first-order valence-corrected chi connectivity index (χ1v) is 15.4. The molecule has 2 aromatic rings. The Balaban J connectivity index is 1.74. The molecule has 0 aliphatic carbocycles. The number of carbonyl (C=O) groups excluding carboxylic acids is 2. The van der Waals surface area contributed by atoms with Gasteiger partial charge in [-0.15, -0.1) is 0 Å². The molecule has 1 N–H and O–H groups in total. The first-order chi connectivity index (χ1) is 18.4. The number of ether oxygens (including phenoxy) is 2. The van der Waals surface area contributed by atoms with Crippen LogP contribution >= 0.6 is 23.2 Å². The zero-order chi connectivity index (χ0) is 28.7. The average molecular weight is 601 g/mol. The lowest BCUT2D eigenvalue weighted by Crippen LogP contribution is -2.48. The topological polar surface area (TPSA) is 105 Å². The first-order valence-electron chi connectivity index (χ1n) is 12.7. The van der Waals surface area contributed by atoms with E-state index >= 15 is 0 Å². The van der Waals surface area contributed by atoms with Crippen LogP contribution in [-0.2, 0) is 26.2 Å². The molecule has 0 bridgehead atoms. The van der Waals surface area contributed by atoms with Crippen LogP contribution in [0, 0.1) is 5.92 Å². The molecule has 214 valence electrons. The van der Waals surface area contributed by atoms with Gasteiger partial charge in [0.25, 0.3) is 0 Å². The van der Waals surface area contributed by atoms with E-state index in [9.17, 15) is 18.0 Å². The normalized spacial score (nSPS) is 13.6. The quantitative estimate of drug-likeness (QED) is 0.385. The number of fused-ring (bicyclic) bond motifs is 1. The molecule has 39 heavy (non-hydrogen) atoms. The Bertz CT molecular complexity index is 1290. The Hall–Kier alpha value is -2.69. The Morgan fingerprint density at radius 3 is 2.33 bits per heavy atom. The van der Waals surface area contributed by atoms with Crippen LogP contribution in [0.25, 0.3) is 0 Å². The van der Waals surface area contributed by atoms with Crippen LogP contribution in [0.3, 0.4) is 0 Å². The van der Waals surface area contributed by atoms with Crippen LogP contribution in [-0.4, -0.2) is 63.7 Å². The van der Waals surface area contributed by atoms with Crippen LogP contribution in [0.2, 0.25) is 10.0 Å². The number of amides is 2. The van der Waals surface area contributed by atoms with Gasteiger partial charge in [-0.05, 0) is 49.1 Å². The molecule has 1 aliphatic heterocycles. The molecular weight excluding hydrogens is 565 g/mol. The van der Waals surface area contributed by atoms with Crippen molar-refractivity contribution in [2.75, 3.05) is 36.9 Å². The van der Waals surface area contributed by atoms with E-state index in [2.05, 4.69) is 5.32 Å². The maximum Gasteiger partial charge on any atom is 0.242 e. The Labute approximate surface area is 240 Å². The predicted octanol–water partition coefficient (Wildman–Crippen LogP) is 4.50. The molecule has 9 nitrogen and oxygen atoms in total. The summed E-state index contributed by atoms with van der Waals surface area (Å²) in [5.74, 6) is 0.715. The van der Waals surface area contributed by atoms with Crippen molar-refractivity contribution in [2.24, 2.45) is 5.92 Å². The molecule has 0 spiro atoms. The van der Waals surface area contributed by atoms with E-state index < -0.39 is 16.1 Å². The molecule has 0 aromatic heterocycles. The Morgan fingerprint density at radius 1 is 1.00 bits per heavy atom. The highest BCUT2D eigenvalue weighted by atomic mass is 35.5. The number of nitrogens with zero attached hydrogens (tertiary/aromatic N) is 2. The second kappa shape index (κ2) is 13.6. The van der Waals surface area contributed by atoms with Gasteiger partial charge in [0, 0.05) is 32.1 Å². The number of hydrogen-bond donors (Lipinski definition) is 1. The molecule has 0 saturated carbocycles. The van der Waals surface area contributed by atoms with Gasteiger partial charge in [0.2, 0.25) is 21.8 Å². The molecule has 1 aliphatic rings. The zero-order valence-corrected chi connectivity index (χ0v) is 24.9. The molecule has 0 fully saturated rings. The number of nitrogens with one attached hydrogen (secondary N) is 1. The second-order valence-corrected chi connectivity index (χ2v) is 12.6. The standard InChI is InChI=1S/C27H35Cl2N3O6S/c1-18(2)16-30-27(34)19(3)31(17-20-7-9-22(28)23(29)14-20)26(33)6-5-11-32(39(4,35)36)21-8-10-24-25(15-21)38-13-12-37-24/h7-10,14-15,18-19H,5-6,11-13,16-17H2,1-4H3,(H,30,34)/t19-/m1/s1. The average Bonchev–Trinajstić information content (AvgIpc) is 2.88. The second-order valence-electron chi connectivity index (χ2n) is 9.85. The summed E-state index contributed by atoms with van der Waals surface area (Å²) >= 11 is 12.2. The van der Waals surface area contributed by atoms with Crippen molar-refractivity contribution in [1.82, 2.24) is 10.2 Å². The molecular formula is C27H35Cl2N3O6S. The molecule has 0 unspecified atom stereocenters. The number of halogens is 2. The third-order valence-corrected chi connectivity index (χ3v) is 8.09. The van der Waals surface area contributed by atoms with Crippen molar-refractivity contribution in [3.63, 3.8) is 0 Å². The van der Waals surface area contributed by atoms with Crippen molar-refractivity contribution in [2.45, 2.75) is 46.2 Å². The molecule has 0 radical (unpaired) electrons. The molecule has 3 rings (SSSR count). The van der Waals surface area contributed by atoms with Gasteiger partial charge in [0.15, 0.2) is 11.5 Å². The molecule has 0 saturated heterocycles. The van der Waals surface area contributed by atoms with Crippen molar-refractivity contribution < 1.29 is 27.5 Å². The summed E-state index contributed by atoms with van der Waals surface area (Å²) in [5.41, 5.74) is 1.14. The summed E-state index contributed by atoms with van der Waals surface area (Å²) in [4.78, 5) is 27.8. The van der Waals surface area contributed by atoms with Gasteiger partial charge in [0.05, 0.1) is 22.0 Å². The van der Waals surface area contributed by atoms with Crippen LogP contribution in [0.15, 0.2) is 36.4 Å². The zero-order valence-electron chi connectivity index (χ0n) is 22.6. The van der Waals surface area contributed by atoms with E-state index in [1.165, 1.54) is 9.21 Å². The number of benzene rings is 2. The van der Waals surface area contributed by atoms with Crippen LogP contribution in [0.4, 0.5) is 5.69 Å². The summed E-state index contributed by atoms with van der Waals surface area (Å²) in [6, 6.07) is 9.24. The summed E-state index contributed by atoms with van der Waals surface area (Å²) in [7, 11) is -3.64. The van der Waals surface area contributed by atoms with E-state index in [1.54, 1.807) is 43.3 Å². The van der Waals surface area contributed by atoms with Gasteiger partial charge in [-0.3, -0.25) is 13.9 Å². The fourth-order valence-corrected chi connectivity index (χ4v) is 5.34. The van der Waals surface area contributed by atoms with Crippen LogP contribution in [0.1, 0.15) is 39.2 Å². The molecule has 1 atom stereocenters. The van der Waals surface area contributed by atoms with Crippen molar-refractivity contribution >= 4 is 50.7 Å². The summed E-state index contributed by atoms with van der Waals surface area (Å²) < 4.78 is 37.6. The van der Waals surface area contributed by atoms with Gasteiger partial charge in [-0.2, -0.15) is 0 Å². The molecule has 12 heteroatoms. The SMILES string of the molecule is CC(C)CNC(=O)[C@@H](C)N(Cc1ccc(Cl)c(Cl)c1)C(=O)CCCN(c1ccc2c(c1)OCCO2)S(C)(=O)=O. The summed E-state index contributed by atoms with van der Waals surface area (Å²) in [6.45, 7) is 7.14. The van der Waals surface area contributed by atoms with Gasteiger partial charge in [-0.25, -0.2) is 8.42 Å². The minimum Gasteiger partial charge on any atom is -0.486 e. The lowest BCUT2D eigenvalue weighted by Gasteiger charge is -2.30. The molecule has 2 aromatic carbocycles. The highest BCUT2D eigenvalue weighted by Gasteiger charge is 2.27. The third kappa shape index (κ3) is 8.65. The highest BCUT2D eigenvalue weighted by Crippen LogP contribution is 2.35. The monoisotopic (exact) mass is 599 g/mol. The maximum atomic E-state index is 13.4. The van der Waals surface area contributed by atoms with Crippen molar-refractivity contribution in [3.8, 4) is 11.5 Å². The lowest BCUT2D eigenvalue weighted by atomic mass is 10.1. The Kier molecular flexibility index (Phi) is 10.7. The fourth-order valence-electron chi connectivity index (χ4n) is 4.06. The summed E-state index contributed by atoms with van der Waals surface area (Å²) in [6.07, 6.45) is 1.38. The van der Waals surface area contributed by atoms with Gasteiger partial charge in [-0.1, -0.05) is 43.1 Å². The van der Waals surface area contributed by atoms with Crippen LogP contribution < -0.4 is 19.1 Å². The lowest BCUT2D eigenvalue weighted by molar-refractivity contribution is -0.140. The smallest absolute Gasteiger partial charge is 0.242 e. The third-order valence-electron chi connectivity index (χ3n) is 6.15. The van der Waals surface area contributed by atoms with E-state index in [-0.39, 0.29) is 43.7 Å². The van der Waals surface area contributed by atoms with Crippen LogP contribution in [0.5, 0.6) is 11.5 Å². The van der Waals surface area contributed by atoms with Crippen molar-refractivity contribution in [1.29, 1.82) is 0 Å². The number of sulfonamides is 1. The van der Waals surface area contributed by atoms with Gasteiger partial charge < -0.3 is 19.7 Å². The summed E-state index contributed by atoms with van der Waals surface area (Å²) in [5, 5.41) is 3.61. The van der Waals surface area contributed by atoms with E-state index in [4.69, 9.17) is 32.7 Å². The first kappa shape index (κ1) is 30.8. The predicted molar refractivity (Wildman–Crippen MR) is 153 cm³/mol. The number of rotatable bonds is 12. The van der Waals surface area contributed by atoms with Gasteiger partial charge >= 0.3 is 0 Å². The number of carbonyl (C=O) groups is 2. The Morgan fingerprint density at radius 2 is 1.69 bits per heavy atom. The number of anilines is 1. The fraction of sp³-hybridized carbons (Fsp3) is 0.481. The van der Waals surface area contributed by atoms with E-state index in [0.717, 1.165) is 11.8 Å². The molecule has 2 amide bonds. The molecule has 1 heterocycles. The van der Waals surface area contributed by atoms with E-state index in [0.29, 0.717) is 47.0 Å². The number of hydrogen-bond acceptors (Lipinski definition) is 6. The highest BCUT2D eigenvalue weighted by molar-refractivity contribution is 7.92. The van der Waals surface area contributed by atoms with Gasteiger partial charge in [0.1, 0.15) is 19.3 Å².